The van der Waals surface area contributed by atoms with Gasteiger partial charge in [-0.25, -0.2) is 4.98 Å². The van der Waals surface area contributed by atoms with Gasteiger partial charge in [0.05, 0.1) is 0 Å². The van der Waals surface area contributed by atoms with Crippen LogP contribution in [0.2, 0.25) is 0 Å². The second kappa shape index (κ2) is 6.55. The minimum atomic E-state index is -0.416. The Kier molecular flexibility index (Phi) is 5.35. The van der Waals surface area contributed by atoms with Crippen molar-refractivity contribution < 1.29 is 4.39 Å². The molecule has 0 amide bonds. The van der Waals surface area contributed by atoms with Gasteiger partial charge in [0, 0.05) is 37.6 Å². The molecule has 1 rings (SSSR count). The zero-order valence-electron chi connectivity index (χ0n) is 11.2. The quantitative estimate of drug-likeness (QED) is 0.710. The summed E-state index contributed by atoms with van der Waals surface area (Å²) < 4.78 is 13.1. The summed E-state index contributed by atoms with van der Waals surface area (Å²) in [6.07, 6.45) is 1.52. The Morgan fingerprint density at radius 1 is 1.29 bits per heavy atom. The minimum absolute atomic E-state index is 0.416. The maximum atomic E-state index is 13.1. The molecule has 3 nitrogen and oxygen atoms in total. The fraction of sp³-hybridized carbons (Fsp3) is 0.615. The van der Waals surface area contributed by atoms with Crippen molar-refractivity contribution in [1.29, 1.82) is 0 Å². The van der Waals surface area contributed by atoms with Gasteiger partial charge in [0.1, 0.15) is 0 Å². The van der Waals surface area contributed by atoms with Crippen LogP contribution in [0.3, 0.4) is 0 Å². The highest BCUT2D eigenvalue weighted by Crippen LogP contribution is 2.15. The van der Waals surface area contributed by atoms with Crippen molar-refractivity contribution in [3.8, 4) is 0 Å². The molecule has 0 unspecified atom stereocenters. The van der Waals surface area contributed by atoms with E-state index in [0.717, 1.165) is 25.3 Å². The van der Waals surface area contributed by atoms with Gasteiger partial charge in [-0.3, -0.25) is 0 Å². The third kappa shape index (κ3) is 5.13. The Bertz CT molecular complexity index is 339. The Labute approximate surface area is 103 Å². The van der Waals surface area contributed by atoms with Gasteiger partial charge < -0.3 is 9.80 Å². The van der Waals surface area contributed by atoms with Crippen LogP contribution in [0.25, 0.3) is 0 Å². The van der Waals surface area contributed by atoms with Crippen molar-refractivity contribution in [3.05, 3.63) is 24.3 Å². The van der Waals surface area contributed by atoms with Crippen LogP contribution in [0, 0.1) is 11.9 Å². The van der Waals surface area contributed by atoms with E-state index in [1.807, 2.05) is 20.2 Å². The summed E-state index contributed by atoms with van der Waals surface area (Å²) in [5.74, 6) is 0.134. The number of aromatic nitrogens is 1. The van der Waals surface area contributed by atoms with Crippen molar-refractivity contribution in [1.82, 2.24) is 9.88 Å². The van der Waals surface area contributed by atoms with Gasteiger partial charge in [0.15, 0.2) is 0 Å². The number of rotatable bonds is 6. The standard InChI is InChI=1S/C13H22FN3/c1-11(2)10-17(8-7-16(3)4)12-5-6-15-13(14)9-12/h5-6,9,11H,7-8,10H2,1-4H3. The van der Waals surface area contributed by atoms with Gasteiger partial charge in [-0.2, -0.15) is 4.39 Å². The molecule has 0 aliphatic carbocycles. The lowest BCUT2D eigenvalue weighted by molar-refractivity contribution is 0.409. The first-order valence-electron chi connectivity index (χ1n) is 6.00. The number of likely N-dealkylation sites (N-methyl/N-ethyl adjacent to an activating group) is 1. The van der Waals surface area contributed by atoms with E-state index in [4.69, 9.17) is 0 Å². The molecule has 0 bridgehead atoms. The second-order valence-electron chi connectivity index (χ2n) is 4.98. The van der Waals surface area contributed by atoms with Gasteiger partial charge in [-0.05, 0) is 26.1 Å². The minimum Gasteiger partial charge on any atom is -0.370 e. The van der Waals surface area contributed by atoms with E-state index in [1.165, 1.54) is 12.3 Å². The maximum absolute atomic E-state index is 13.1. The lowest BCUT2D eigenvalue weighted by Gasteiger charge is -2.28. The molecule has 0 aliphatic rings. The lowest BCUT2D eigenvalue weighted by Crippen LogP contribution is -2.34. The zero-order valence-corrected chi connectivity index (χ0v) is 11.2. The molecule has 0 aliphatic heterocycles. The van der Waals surface area contributed by atoms with Crippen LogP contribution >= 0.6 is 0 Å². The average Bonchev–Trinajstić information content (AvgIpc) is 2.23. The molecule has 4 heteroatoms. The molecule has 17 heavy (non-hydrogen) atoms. The topological polar surface area (TPSA) is 19.4 Å². The van der Waals surface area contributed by atoms with E-state index < -0.39 is 5.95 Å². The monoisotopic (exact) mass is 239 g/mol. The molecule has 0 N–H and O–H groups in total. The molecular formula is C13H22FN3. The van der Waals surface area contributed by atoms with Gasteiger partial charge >= 0.3 is 0 Å². The smallest absolute Gasteiger partial charge is 0.214 e. The molecule has 0 atom stereocenters. The Morgan fingerprint density at radius 3 is 2.53 bits per heavy atom. The van der Waals surface area contributed by atoms with Gasteiger partial charge in [-0.15, -0.1) is 0 Å². The molecule has 0 fully saturated rings. The first-order chi connectivity index (χ1) is 7.99. The van der Waals surface area contributed by atoms with Crippen LogP contribution in [-0.4, -0.2) is 43.6 Å². The number of nitrogens with zero attached hydrogens (tertiary/aromatic N) is 3. The zero-order chi connectivity index (χ0) is 12.8. The SMILES string of the molecule is CC(C)CN(CCN(C)C)c1ccnc(F)c1. The van der Waals surface area contributed by atoms with Crippen LogP contribution in [0.1, 0.15) is 13.8 Å². The first-order valence-corrected chi connectivity index (χ1v) is 6.00. The molecule has 0 aromatic carbocycles. The molecule has 1 aromatic rings. The Hall–Kier alpha value is -1.16. The summed E-state index contributed by atoms with van der Waals surface area (Å²) in [4.78, 5) is 7.93. The van der Waals surface area contributed by atoms with Crippen LogP contribution in [0.4, 0.5) is 10.1 Å². The van der Waals surface area contributed by atoms with E-state index >= 15 is 0 Å². The number of anilines is 1. The Balaban J connectivity index is 2.74. The second-order valence-corrected chi connectivity index (χ2v) is 4.98. The average molecular weight is 239 g/mol. The summed E-state index contributed by atoms with van der Waals surface area (Å²) in [7, 11) is 4.08. The van der Waals surface area contributed by atoms with E-state index in [2.05, 4.69) is 28.6 Å². The van der Waals surface area contributed by atoms with E-state index in [1.54, 1.807) is 0 Å². The molecule has 0 saturated carbocycles. The highest BCUT2D eigenvalue weighted by atomic mass is 19.1. The van der Waals surface area contributed by atoms with Crippen molar-refractivity contribution in [2.75, 3.05) is 38.6 Å². The predicted molar refractivity (Wildman–Crippen MR) is 69.8 cm³/mol. The van der Waals surface area contributed by atoms with Gasteiger partial charge in [0.25, 0.3) is 0 Å². The van der Waals surface area contributed by atoms with Crippen LogP contribution in [-0.2, 0) is 0 Å². The number of hydrogen-bond donors (Lipinski definition) is 0. The molecule has 0 spiro atoms. The van der Waals surface area contributed by atoms with Crippen molar-refractivity contribution >= 4 is 5.69 Å². The van der Waals surface area contributed by atoms with Crippen LogP contribution < -0.4 is 4.90 Å². The fourth-order valence-corrected chi connectivity index (χ4v) is 1.68. The number of pyridine rings is 1. The molecule has 96 valence electrons. The van der Waals surface area contributed by atoms with E-state index in [0.29, 0.717) is 5.92 Å². The molecule has 1 aromatic heterocycles. The van der Waals surface area contributed by atoms with Crippen LogP contribution in [0.5, 0.6) is 0 Å². The fourth-order valence-electron chi connectivity index (χ4n) is 1.68. The predicted octanol–water partition coefficient (Wildman–Crippen LogP) is 2.24. The first kappa shape index (κ1) is 13.9. The summed E-state index contributed by atoms with van der Waals surface area (Å²) in [6, 6.07) is 3.36. The third-order valence-corrected chi connectivity index (χ3v) is 2.48. The van der Waals surface area contributed by atoms with Gasteiger partial charge in [-0.1, -0.05) is 13.8 Å². The van der Waals surface area contributed by atoms with E-state index in [9.17, 15) is 4.39 Å². The largest absolute Gasteiger partial charge is 0.370 e. The van der Waals surface area contributed by atoms with E-state index in [-0.39, 0.29) is 0 Å². The number of halogens is 1. The highest BCUT2D eigenvalue weighted by Gasteiger charge is 2.09. The van der Waals surface area contributed by atoms with Gasteiger partial charge in [0.2, 0.25) is 5.95 Å². The van der Waals surface area contributed by atoms with Crippen molar-refractivity contribution in [2.24, 2.45) is 5.92 Å². The molecule has 0 radical (unpaired) electrons. The molecule has 1 heterocycles. The summed E-state index contributed by atoms with van der Waals surface area (Å²) in [5.41, 5.74) is 0.910. The molecule has 0 saturated heterocycles. The normalized spacial score (nSPS) is 11.2. The van der Waals surface area contributed by atoms with Crippen molar-refractivity contribution in [2.45, 2.75) is 13.8 Å². The lowest BCUT2D eigenvalue weighted by atomic mass is 10.2. The third-order valence-electron chi connectivity index (χ3n) is 2.48. The Morgan fingerprint density at radius 2 is 2.00 bits per heavy atom. The summed E-state index contributed by atoms with van der Waals surface area (Å²) >= 11 is 0. The summed E-state index contributed by atoms with van der Waals surface area (Å²) in [6.45, 7) is 7.11. The number of hydrogen-bond acceptors (Lipinski definition) is 3. The van der Waals surface area contributed by atoms with Crippen LogP contribution in [0.15, 0.2) is 18.3 Å². The van der Waals surface area contributed by atoms with Crippen molar-refractivity contribution in [3.63, 3.8) is 0 Å². The maximum Gasteiger partial charge on any atom is 0.214 e. The highest BCUT2D eigenvalue weighted by molar-refractivity contribution is 5.44. The summed E-state index contributed by atoms with van der Waals surface area (Å²) in [5, 5.41) is 0. The molecular weight excluding hydrogens is 217 g/mol.